The molecular formula is C20H26O2Si. The summed E-state index contributed by atoms with van der Waals surface area (Å²) in [5.41, 5.74) is 1.03. The monoisotopic (exact) mass is 326 g/mol. The molecule has 0 saturated carbocycles. The second-order valence-corrected chi connectivity index (χ2v) is 9.43. The molecule has 23 heavy (non-hydrogen) atoms. The molecule has 1 fully saturated rings. The SMILES string of the molecule is C=CC[Si](CC=C)(OCC)c1ccc(C#CC2CCCO2)cc1. The summed E-state index contributed by atoms with van der Waals surface area (Å²) in [5, 5.41) is 1.28. The first kappa shape index (κ1) is 17.7. The van der Waals surface area contributed by atoms with Crippen LogP contribution in [-0.2, 0) is 9.16 Å². The summed E-state index contributed by atoms with van der Waals surface area (Å²) in [6, 6.07) is 10.3. The average Bonchev–Trinajstić information content (AvgIpc) is 3.07. The molecule has 122 valence electrons. The van der Waals surface area contributed by atoms with Gasteiger partial charge in [-0.2, -0.15) is 0 Å². The highest BCUT2D eigenvalue weighted by molar-refractivity contribution is 6.87. The molecule has 2 nitrogen and oxygen atoms in total. The van der Waals surface area contributed by atoms with E-state index in [1.54, 1.807) is 0 Å². The zero-order valence-electron chi connectivity index (χ0n) is 14.0. The fourth-order valence-corrected chi connectivity index (χ4v) is 6.28. The van der Waals surface area contributed by atoms with Crippen molar-refractivity contribution in [3.8, 4) is 11.8 Å². The molecule has 0 aliphatic carbocycles. The number of hydrogen-bond acceptors (Lipinski definition) is 2. The van der Waals surface area contributed by atoms with Gasteiger partial charge in [0.15, 0.2) is 0 Å². The zero-order valence-corrected chi connectivity index (χ0v) is 15.0. The van der Waals surface area contributed by atoms with Crippen LogP contribution >= 0.6 is 0 Å². The molecule has 1 aliphatic rings. The molecule has 0 bridgehead atoms. The van der Waals surface area contributed by atoms with E-state index in [-0.39, 0.29) is 6.10 Å². The summed E-state index contributed by atoms with van der Waals surface area (Å²) in [5.74, 6) is 6.43. The molecule has 1 heterocycles. The van der Waals surface area contributed by atoms with Gasteiger partial charge in [0.1, 0.15) is 6.10 Å². The molecule has 1 aliphatic heterocycles. The van der Waals surface area contributed by atoms with Crippen LogP contribution in [0.5, 0.6) is 0 Å². The van der Waals surface area contributed by atoms with E-state index < -0.39 is 8.32 Å². The Hall–Kier alpha value is -1.60. The first-order valence-electron chi connectivity index (χ1n) is 8.33. The van der Waals surface area contributed by atoms with Crippen molar-refractivity contribution in [2.45, 2.75) is 38.0 Å². The van der Waals surface area contributed by atoms with E-state index in [1.165, 1.54) is 5.19 Å². The van der Waals surface area contributed by atoms with Crippen LogP contribution in [0, 0.1) is 11.8 Å². The lowest BCUT2D eigenvalue weighted by molar-refractivity contribution is 0.152. The van der Waals surface area contributed by atoms with Crippen LogP contribution in [0.25, 0.3) is 0 Å². The molecule has 2 rings (SSSR count). The Morgan fingerprint density at radius 3 is 2.48 bits per heavy atom. The smallest absolute Gasteiger partial charge is 0.231 e. The van der Waals surface area contributed by atoms with Crippen molar-refractivity contribution in [2.24, 2.45) is 0 Å². The minimum absolute atomic E-state index is 0.105. The van der Waals surface area contributed by atoms with Gasteiger partial charge in [-0.1, -0.05) is 36.1 Å². The third kappa shape index (κ3) is 4.68. The van der Waals surface area contributed by atoms with Crippen molar-refractivity contribution in [3.05, 3.63) is 55.1 Å². The average molecular weight is 327 g/mol. The minimum Gasteiger partial charge on any atom is -0.412 e. The van der Waals surface area contributed by atoms with E-state index in [2.05, 4.69) is 56.2 Å². The molecule has 0 aromatic heterocycles. The predicted molar refractivity (Wildman–Crippen MR) is 99.3 cm³/mol. The summed E-state index contributed by atoms with van der Waals surface area (Å²) in [4.78, 5) is 0. The molecule has 0 N–H and O–H groups in total. The maximum absolute atomic E-state index is 6.22. The Labute approximate surface area is 141 Å². The summed E-state index contributed by atoms with van der Waals surface area (Å²) >= 11 is 0. The first-order valence-corrected chi connectivity index (χ1v) is 10.7. The Kier molecular flexibility index (Phi) is 6.85. The fraction of sp³-hybridized carbons (Fsp3) is 0.400. The Morgan fingerprint density at radius 1 is 1.26 bits per heavy atom. The van der Waals surface area contributed by atoms with Gasteiger partial charge in [0.2, 0.25) is 8.32 Å². The molecule has 0 radical (unpaired) electrons. The van der Waals surface area contributed by atoms with Gasteiger partial charge >= 0.3 is 0 Å². The van der Waals surface area contributed by atoms with Crippen molar-refractivity contribution in [1.29, 1.82) is 0 Å². The van der Waals surface area contributed by atoms with Gasteiger partial charge in [-0.3, -0.25) is 0 Å². The highest BCUT2D eigenvalue weighted by Gasteiger charge is 2.34. The highest BCUT2D eigenvalue weighted by Crippen LogP contribution is 2.19. The van der Waals surface area contributed by atoms with Gasteiger partial charge in [0.05, 0.1) is 0 Å². The van der Waals surface area contributed by atoms with Gasteiger partial charge in [0.25, 0.3) is 0 Å². The van der Waals surface area contributed by atoms with Crippen molar-refractivity contribution >= 4 is 13.5 Å². The lowest BCUT2D eigenvalue weighted by Crippen LogP contribution is -2.50. The van der Waals surface area contributed by atoms with E-state index >= 15 is 0 Å². The lowest BCUT2D eigenvalue weighted by Gasteiger charge is -2.29. The highest BCUT2D eigenvalue weighted by atomic mass is 28.4. The third-order valence-corrected chi connectivity index (χ3v) is 8.21. The van der Waals surface area contributed by atoms with Crippen molar-refractivity contribution in [1.82, 2.24) is 0 Å². The van der Waals surface area contributed by atoms with E-state index in [4.69, 9.17) is 9.16 Å². The number of allylic oxidation sites excluding steroid dienone is 2. The minimum atomic E-state index is -2.05. The van der Waals surface area contributed by atoms with Crippen molar-refractivity contribution in [2.75, 3.05) is 13.2 Å². The van der Waals surface area contributed by atoms with E-state index in [0.29, 0.717) is 6.61 Å². The standard InChI is InChI=1S/C20H26O2Si/c1-4-16-23(17-5-2,22-6-3)20-13-10-18(11-14-20)9-12-19-8-7-15-21-19/h4-5,10-11,13-14,19H,1-2,6-8,15-17H2,3H3. The molecule has 3 heteroatoms. The molecule has 0 amide bonds. The van der Waals surface area contributed by atoms with Gasteiger partial charge < -0.3 is 9.16 Å². The van der Waals surface area contributed by atoms with Crippen molar-refractivity contribution < 1.29 is 9.16 Å². The number of benzene rings is 1. The topological polar surface area (TPSA) is 18.5 Å². The van der Waals surface area contributed by atoms with Gasteiger partial charge in [-0.25, -0.2) is 0 Å². The first-order chi connectivity index (χ1) is 11.2. The van der Waals surface area contributed by atoms with Gasteiger partial charge in [0, 0.05) is 18.8 Å². The molecule has 1 aromatic carbocycles. The van der Waals surface area contributed by atoms with Crippen molar-refractivity contribution in [3.63, 3.8) is 0 Å². The summed E-state index contributed by atoms with van der Waals surface area (Å²) in [7, 11) is -2.05. The molecule has 1 saturated heterocycles. The molecule has 0 spiro atoms. The maximum atomic E-state index is 6.22. The maximum Gasteiger partial charge on any atom is 0.231 e. The quantitative estimate of drug-likeness (QED) is 0.431. The largest absolute Gasteiger partial charge is 0.412 e. The Bertz CT molecular complexity index is 564. The fourth-order valence-electron chi connectivity index (χ4n) is 2.98. The summed E-state index contributed by atoms with van der Waals surface area (Å²) in [6.45, 7) is 11.4. The molecule has 1 aromatic rings. The van der Waals surface area contributed by atoms with Crippen LogP contribution in [0.15, 0.2) is 49.6 Å². The number of rotatable bonds is 7. The number of ether oxygens (including phenoxy) is 1. The summed E-state index contributed by atoms with van der Waals surface area (Å²) in [6.07, 6.45) is 6.20. The van der Waals surface area contributed by atoms with Gasteiger partial charge in [-0.15, -0.1) is 13.2 Å². The lowest BCUT2D eigenvalue weighted by atomic mass is 10.2. The normalized spacial score (nSPS) is 17.3. The Morgan fingerprint density at radius 2 is 1.96 bits per heavy atom. The number of hydrogen-bond donors (Lipinski definition) is 0. The van der Waals surface area contributed by atoms with E-state index in [9.17, 15) is 0 Å². The van der Waals surface area contributed by atoms with Crippen LogP contribution < -0.4 is 5.19 Å². The van der Waals surface area contributed by atoms with Crippen LogP contribution in [-0.4, -0.2) is 27.6 Å². The third-order valence-electron chi connectivity index (χ3n) is 4.09. The molecular weight excluding hydrogens is 300 g/mol. The zero-order chi connectivity index (χ0) is 16.5. The predicted octanol–water partition coefficient (Wildman–Crippen LogP) is 3.78. The molecule has 1 unspecified atom stereocenters. The second-order valence-electron chi connectivity index (χ2n) is 5.76. The van der Waals surface area contributed by atoms with Crippen LogP contribution in [0.2, 0.25) is 12.1 Å². The van der Waals surface area contributed by atoms with E-state index in [0.717, 1.165) is 37.1 Å². The van der Waals surface area contributed by atoms with Crippen LogP contribution in [0.4, 0.5) is 0 Å². The van der Waals surface area contributed by atoms with Crippen LogP contribution in [0.3, 0.4) is 0 Å². The van der Waals surface area contributed by atoms with E-state index in [1.807, 2.05) is 12.2 Å². The van der Waals surface area contributed by atoms with Crippen LogP contribution in [0.1, 0.15) is 25.3 Å². The summed E-state index contributed by atoms with van der Waals surface area (Å²) < 4.78 is 11.8. The molecule has 1 atom stereocenters. The second kappa shape index (κ2) is 8.88. The van der Waals surface area contributed by atoms with Gasteiger partial charge in [-0.05, 0) is 49.2 Å². The Balaban J connectivity index is 2.20.